The van der Waals surface area contributed by atoms with Crippen LogP contribution in [0.15, 0.2) is 77.3 Å². The molecule has 0 aliphatic rings. The Labute approximate surface area is 157 Å². The van der Waals surface area contributed by atoms with Gasteiger partial charge in [-0.15, -0.1) is 0 Å². The predicted octanol–water partition coefficient (Wildman–Crippen LogP) is 6.11. The van der Waals surface area contributed by atoms with E-state index in [0.717, 1.165) is 26.9 Å². The summed E-state index contributed by atoms with van der Waals surface area (Å²) in [7, 11) is 0. The first kappa shape index (κ1) is 17.4. The van der Waals surface area contributed by atoms with Crippen molar-refractivity contribution in [2.24, 2.45) is 0 Å². The number of hydrogen-bond acceptors (Lipinski definition) is 2. The number of halogens is 1. The Kier molecular flexibility index (Phi) is 5.67. The molecule has 0 spiro atoms. The highest BCUT2D eigenvalue weighted by Crippen LogP contribution is 2.21. The number of benzene rings is 3. The standard InChI is InChI=1S/C22H20BrNO/c1-16-7-12-20(15-21(16)23)24-14-13-22(25)19-10-8-18(9-11-19)17-5-3-2-4-6-17/h2-12,15,24H,13-14H2,1H3. The second kappa shape index (κ2) is 8.13. The van der Waals surface area contributed by atoms with E-state index in [1.165, 1.54) is 5.56 Å². The minimum Gasteiger partial charge on any atom is -0.385 e. The first-order valence-electron chi connectivity index (χ1n) is 8.32. The zero-order valence-electron chi connectivity index (χ0n) is 14.1. The third kappa shape index (κ3) is 4.58. The molecule has 0 heterocycles. The van der Waals surface area contributed by atoms with Gasteiger partial charge < -0.3 is 5.32 Å². The quantitative estimate of drug-likeness (QED) is 0.511. The van der Waals surface area contributed by atoms with Gasteiger partial charge in [-0.05, 0) is 35.7 Å². The number of carbonyl (C=O) groups is 1. The second-order valence-electron chi connectivity index (χ2n) is 6.01. The van der Waals surface area contributed by atoms with Gasteiger partial charge >= 0.3 is 0 Å². The summed E-state index contributed by atoms with van der Waals surface area (Å²) in [5.41, 5.74) is 5.25. The van der Waals surface area contributed by atoms with Gasteiger partial charge in [-0.25, -0.2) is 0 Å². The van der Waals surface area contributed by atoms with Crippen LogP contribution in [0.25, 0.3) is 11.1 Å². The predicted molar refractivity (Wildman–Crippen MR) is 108 cm³/mol. The van der Waals surface area contributed by atoms with Gasteiger partial charge in [0.15, 0.2) is 5.78 Å². The van der Waals surface area contributed by atoms with E-state index < -0.39 is 0 Å². The van der Waals surface area contributed by atoms with E-state index in [-0.39, 0.29) is 5.78 Å². The summed E-state index contributed by atoms with van der Waals surface area (Å²) >= 11 is 3.52. The maximum Gasteiger partial charge on any atom is 0.164 e. The van der Waals surface area contributed by atoms with Crippen LogP contribution in [0.2, 0.25) is 0 Å². The molecule has 0 aliphatic heterocycles. The Morgan fingerprint density at radius 3 is 2.28 bits per heavy atom. The molecule has 25 heavy (non-hydrogen) atoms. The molecule has 0 aromatic heterocycles. The van der Waals surface area contributed by atoms with Gasteiger partial charge in [-0.3, -0.25) is 4.79 Å². The van der Waals surface area contributed by atoms with E-state index in [1.54, 1.807) is 0 Å². The summed E-state index contributed by atoms with van der Waals surface area (Å²) in [5.74, 6) is 0.151. The van der Waals surface area contributed by atoms with E-state index >= 15 is 0 Å². The third-order valence-electron chi connectivity index (χ3n) is 4.17. The smallest absolute Gasteiger partial charge is 0.164 e. The Balaban J connectivity index is 1.57. The molecule has 3 heteroatoms. The average Bonchev–Trinajstić information content (AvgIpc) is 2.65. The van der Waals surface area contributed by atoms with E-state index in [2.05, 4.69) is 46.4 Å². The average molecular weight is 394 g/mol. The van der Waals surface area contributed by atoms with Crippen LogP contribution in [0.4, 0.5) is 5.69 Å². The molecule has 0 atom stereocenters. The fourth-order valence-corrected chi connectivity index (χ4v) is 3.03. The number of nitrogens with one attached hydrogen (secondary N) is 1. The molecule has 1 N–H and O–H groups in total. The summed E-state index contributed by atoms with van der Waals surface area (Å²) in [4.78, 5) is 12.4. The largest absolute Gasteiger partial charge is 0.385 e. The number of hydrogen-bond donors (Lipinski definition) is 1. The molecule has 0 radical (unpaired) electrons. The number of carbonyl (C=O) groups excluding carboxylic acids is 1. The fourth-order valence-electron chi connectivity index (χ4n) is 2.65. The van der Waals surface area contributed by atoms with Gasteiger partial charge in [0.2, 0.25) is 0 Å². The van der Waals surface area contributed by atoms with Crippen LogP contribution in [-0.2, 0) is 0 Å². The van der Waals surface area contributed by atoms with Gasteiger partial charge in [0.05, 0.1) is 0 Å². The topological polar surface area (TPSA) is 29.1 Å². The number of anilines is 1. The van der Waals surface area contributed by atoms with Crippen LogP contribution < -0.4 is 5.32 Å². The van der Waals surface area contributed by atoms with E-state index in [1.807, 2.05) is 54.6 Å². The monoisotopic (exact) mass is 393 g/mol. The van der Waals surface area contributed by atoms with Crippen LogP contribution in [0.5, 0.6) is 0 Å². The second-order valence-corrected chi connectivity index (χ2v) is 6.86. The molecule has 0 aliphatic carbocycles. The molecular weight excluding hydrogens is 374 g/mol. The summed E-state index contributed by atoms with van der Waals surface area (Å²) in [5, 5.41) is 3.30. The van der Waals surface area contributed by atoms with Crippen LogP contribution >= 0.6 is 15.9 Å². The van der Waals surface area contributed by atoms with Gasteiger partial charge in [-0.1, -0.05) is 76.6 Å². The van der Waals surface area contributed by atoms with E-state index in [9.17, 15) is 4.79 Å². The number of aryl methyl sites for hydroxylation is 1. The molecule has 3 rings (SSSR count). The zero-order valence-corrected chi connectivity index (χ0v) is 15.7. The fraction of sp³-hybridized carbons (Fsp3) is 0.136. The number of ketones is 1. The summed E-state index contributed by atoms with van der Waals surface area (Å²) < 4.78 is 1.07. The highest BCUT2D eigenvalue weighted by atomic mass is 79.9. The van der Waals surface area contributed by atoms with Crippen LogP contribution in [0.1, 0.15) is 22.3 Å². The van der Waals surface area contributed by atoms with Crippen molar-refractivity contribution in [2.75, 3.05) is 11.9 Å². The van der Waals surface area contributed by atoms with Crippen molar-refractivity contribution in [3.63, 3.8) is 0 Å². The number of rotatable bonds is 6. The van der Waals surface area contributed by atoms with Crippen LogP contribution in [0.3, 0.4) is 0 Å². The van der Waals surface area contributed by atoms with Crippen molar-refractivity contribution in [1.29, 1.82) is 0 Å². The van der Waals surface area contributed by atoms with Crippen molar-refractivity contribution in [3.8, 4) is 11.1 Å². The molecule has 3 aromatic carbocycles. The molecule has 3 aromatic rings. The molecular formula is C22H20BrNO. The first-order chi connectivity index (χ1) is 12.1. The first-order valence-corrected chi connectivity index (χ1v) is 9.11. The lowest BCUT2D eigenvalue weighted by Gasteiger charge is -2.08. The SMILES string of the molecule is Cc1ccc(NCCC(=O)c2ccc(-c3ccccc3)cc2)cc1Br. The molecule has 0 amide bonds. The van der Waals surface area contributed by atoms with E-state index in [4.69, 9.17) is 0 Å². The van der Waals surface area contributed by atoms with Gasteiger partial charge in [0.25, 0.3) is 0 Å². The summed E-state index contributed by atoms with van der Waals surface area (Å²) in [6, 6.07) is 24.1. The molecule has 0 bridgehead atoms. The maximum atomic E-state index is 12.4. The zero-order chi connectivity index (χ0) is 17.6. The Hall–Kier alpha value is -2.39. The molecule has 0 saturated carbocycles. The molecule has 0 saturated heterocycles. The van der Waals surface area contributed by atoms with Crippen LogP contribution in [0, 0.1) is 6.92 Å². The van der Waals surface area contributed by atoms with Crippen molar-refractivity contribution < 1.29 is 4.79 Å². The number of Topliss-reactive ketones (excluding diaryl/α,β-unsaturated/α-hetero) is 1. The molecule has 2 nitrogen and oxygen atoms in total. The highest BCUT2D eigenvalue weighted by Gasteiger charge is 2.06. The lowest BCUT2D eigenvalue weighted by Crippen LogP contribution is -2.09. The van der Waals surface area contributed by atoms with Crippen molar-refractivity contribution >= 4 is 27.4 Å². The summed E-state index contributed by atoms with van der Waals surface area (Å²) in [6.07, 6.45) is 0.468. The summed E-state index contributed by atoms with van der Waals surface area (Å²) in [6.45, 7) is 2.67. The third-order valence-corrected chi connectivity index (χ3v) is 5.02. The maximum absolute atomic E-state index is 12.4. The van der Waals surface area contributed by atoms with E-state index in [0.29, 0.717) is 13.0 Å². The minimum absolute atomic E-state index is 0.151. The van der Waals surface area contributed by atoms with Crippen molar-refractivity contribution in [1.82, 2.24) is 0 Å². The lowest BCUT2D eigenvalue weighted by molar-refractivity contribution is 0.0986. The molecule has 0 unspecified atom stereocenters. The molecule has 0 fully saturated rings. The van der Waals surface area contributed by atoms with Crippen LogP contribution in [-0.4, -0.2) is 12.3 Å². The van der Waals surface area contributed by atoms with Gasteiger partial charge in [0.1, 0.15) is 0 Å². The molecule has 126 valence electrons. The normalized spacial score (nSPS) is 10.5. The highest BCUT2D eigenvalue weighted by molar-refractivity contribution is 9.10. The Morgan fingerprint density at radius 1 is 0.920 bits per heavy atom. The van der Waals surface area contributed by atoms with Crippen molar-refractivity contribution in [2.45, 2.75) is 13.3 Å². The van der Waals surface area contributed by atoms with Gasteiger partial charge in [0, 0.05) is 28.7 Å². The Morgan fingerprint density at radius 2 is 1.60 bits per heavy atom. The Bertz CT molecular complexity index is 857. The van der Waals surface area contributed by atoms with Crippen molar-refractivity contribution in [3.05, 3.63) is 88.4 Å². The lowest BCUT2D eigenvalue weighted by atomic mass is 10.0. The minimum atomic E-state index is 0.151. The van der Waals surface area contributed by atoms with Gasteiger partial charge in [-0.2, -0.15) is 0 Å².